The molecule has 6 heteroatoms. The van der Waals surface area contributed by atoms with E-state index in [1.54, 1.807) is 18.2 Å². The zero-order valence-corrected chi connectivity index (χ0v) is 12.0. The highest BCUT2D eigenvalue weighted by molar-refractivity contribution is 6.32. The molecule has 3 nitrogen and oxygen atoms in total. The minimum absolute atomic E-state index is 0.133. The molecule has 0 saturated heterocycles. The Kier molecular flexibility index (Phi) is 4.98. The van der Waals surface area contributed by atoms with Crippen LogP contribution in [0.5, 0.6) is 5.75 Å². The van der Waals surface area contributed by atoms with Gasteiger partial charge in [-0.1, -0.05) is 17.7 Å². The summed E-state index contributed by atoms with van der Waals surface area (Å²) in [5.74, 6) is -1.39. The fourth-order valence-corrected chi connectivity index (χ4v) is 2.09. The quantitative estimate of drug-likeness (QED) is 0.883. The van der Waals surface area contributed by atoms with Gasteiger partial charge < -0.3 is 15.2 Å². The van der Waals surface area contributed by atoms with Crippen molar-refractivity contribution in [3.63, 3.8) is 0 Å². The Morgan fingerprint density at radius 2 is 1.95 bits per heavy atom. The summed E-state index contributed by atoms with van der Waals surface area (Å²) in [6.07, 6.45) is -0.971. The van der Waals surface area contributed by atoms with Crippen LogP contribution < -0.4 is 10.1 Å². The van der Waals surface area contributed by atoms with Crippen molar-refractivity contribution in [2.75, 3.05) is 19.0 Å². The summed E-state index contributed by atoms with van der Waals surface area (Å²) in [6.45, 7) is 0.133. The van der Waals surface area contributed by atoms with Gasteiger partial charge in [0, 0.05) is 12.2 Å². The van der Waals surface area contributed by atoms with Crippen molar-refractivity contribution >= 4 is 17.3 Å². The second-order valence-electron chi connectivity index (χ2n) is 4.42. The minimum Gasteiger partial charge on any atom is -0.495 e. The minimum atomic E-state index is -0.987. The summed E-state index contributed by atoms with van der Waals surface area (Å²) in [6, 6.07) is 8.38. The lowest BCUT2D eigenvalue weighted by Gasteiger charge is -2.14. The molecule has 0 fully saturated rings. The number of hydrogen-bond acceptors (Lipinski definition) is 3. The molecule has 0 saturated carbocycles. The van der Waals surface area contributed by atoms with E-state index >= 15 is 0 Å². The molecule has 21 heavy (non-hydrogen) atoms. The van der Waals surface area contributed by atoms with Crippen LogP contribution in [0.1, 0.15) is 11.7 Å². The van der Waals surface area contributed by atoms with Crippen LogP contribution in [0.4, 0.5) is 14.5 Å². The highest BCUT2D eigenvalue weighted by atomic mass is 35.5. The van der Waals surface area contributed by atoms with E-state index in [0.29, 0.717) is 22.0 Å². The molecular formula is C15H14ClF2NO2. The van der Waals surface area contributed by atoms with Crippen LogP contribution in [0.2, 0.25) is 5.02 Å². The standard InChI is InChI=1S/C15H14ClF2NO2/c1-21-15-5-3-10(7-11(15)16)19-8-14(20)9-2-4-12(17)13(18)6-9/h2-7,14,19-20H,8H2,1H3. The van der Waals surface area contributed by atoms with E-state index in [0.717, 1.165) is 12.1 Å². The van der Waals surface area contributed by atoms with Crippen LogP contribution in [0.25, 0.3) is 0 Å². The maximum Gasteiger partial charge on any atom is 0.159 e. The highest BCUT2D eigenvalue weighted by Crippen LogP contribution is 2.27. The molecule has 1 unspecified atom stereocenters. The van der Waals surface area contributed by atoms with Gasteiger partial charge in [-0.05, 0) is 35.9 Å². The van der Waals surface area contributed by atoms with Gasteiger partial charge in [-0.15, -0.1) is 0 Å². The van der Waals surface area contributed by atoms with Crippen LogP contribution in [-0.2, 0) is 0 Å². The van der Waals surface area contributed by atoms with E-state index in [-0.39, 0.29) is 6.54 Å². The summed E-state index contributed by atoms with van der Waals surface area (Å²) in [4.78, 5) is 0. The summed E-state index contributed by atoms with van der Waals surface area (Å²) in [5, 5.41) is 13.4. The third-order valence-electron chi connectivity index (χ3n) is 2.98. The molecule has 2 aromatic rings. The van der Waals surface area contributed by atoms with Crippen LogP contribution in [-0.4, -0.2) is 18.8 Å². The van der Waals surface area contributed by atoms with Crippen molar-refractivity contribution in [3.05, 3.63) is 58.6 Å². The van der Waals surface area contributed by atoms with Gasteiger partial charge in [0.1, 0.15) is 5.75 Å². The first-order chi connectivity index (χ1) is 10.0. The fraction of sp³-hybridized carbons (Fsp3) is 0.200. The predicted octanol–water partition coefficient (Wildman–Crippen LogP) is 3.77. The zero-order valence-electron chi connectivity index (χ0n) is 11.2. The lowest BCUT2D eigenvalue weighted by Crippen LogP contribution is -2.12. The Bertz CT molecular complexity index is 637. The number of aliphatic hydroxyl groups excluding tert-OH is 1. The molecule has 2 aromatic carbocycles. The Hall–Kier alpha value is -1.85. The first-order valence-corrected chi connectivity index (χ1v) is 6.59. The molecule has 0 aromatic heterocycles. The van der Waals surface area contributed by atoms with Gasteiger partial charge in [0.2, 0.25) is 0 Å². The topological polar surface area (TPSA) is 41.5 Å². The SMILES string of the molecule is COc1ccc(NCC(O)c2ccc(F)c(F)c2)cc1Cl. The van der Waals surface area contributed by atoms with Gasteiger partial charge in [0.25, 0.3) is 0 Å². The summed E-state index contributed by atoms with van der Waals surface area (Å²) in [5.41, 5.74) is 0.975. The summed E-state index contributed by atoms with van der Waals surface area (Å²) < 4.78 is 31.0. The lowest BCUT2D eigenvalue weighted by atomic mass is 10.1. The van der Waals surface area contributed by atoms with E-state index in [1.165, 1.54) is 13.2 Å². The second kappa shape index (κ2) is 6.74. The number of benzene rings is 2. The summed E-state index contributed by atoms with van der Waals surface area (Å²) in [7, 11) is 1.52. The predicted molar refractivity (Wildman–Crippen MR) is 77.8 cm³/mol. The molecule has 112 valence electrons. The van der Waals surface area contributed by atoms with Crippen LogP contribution >= 0.6 is 11.6 Å². The lowest BCUT2D eigenvalue weighted by molar-refractivity contribution is 0.191. The average Bonchev–Trinajstić information content (AvgIpc) is 2.47. The normalized spacial score (nSPS) is 12.0. The van der Waals surface area contributed by atoms with Crippen molar-refractivity contribution in [3.8, 4) is 5.75 Å². The molecule has 0 heterocycles. The van der Waals surface area contributed by atoms with Crippen molar-refractivity contribution in [2.45, 2.75) is 6.10 Å². The van der Waals surface area contributed by atoms with Gasteiger partial charge in [-0.25, -0.2) is 8.78 Å². The highest BCUT2D eigenvalue weighted by Gasteiger charge is 2.11. The van der Waals surface area contributed by atoms with Crippen LogP contribution in [0.3, 0.4) is 0 Å². The van der Waals surface area contributed by atoms with Crippen molar-refractivity contribution < 1.29 is 18.6 Å². The molecule has 2 rings (SSSR count). The second-order valence-corrected chi connectivity index (χ2v) is 4.83. The van der Waals surface area contributed by atoms with Gasteiger partial charge in [0.15, 0.2) is 11.6 Å². The maximum absolute atomic E-state index is 13.1. The van der Waals surface area contributed by atoms with Crippen molar-refractivity contribution in [1.82, 2.24) is 0 Å². The monoisotopic (exact) mass is 313 g/mol. The maximum atomic E-state index is 13.1. The number of nitrogens with one attached hydrogen (secondary N) is 1. The fourth-order valence-electron chi connectivity index (χ4n) is 1.83. The Morgan fingerprint density at radius 1 is 1.19 bits per heavy atom. The molecule has 2 N–H and O–H groups in total. The smallest absolute Gasteiger partial charge is 0.159 e. The van der Waals surface area contributed by atoms with Crippen LogP contribution in [0, 0.1) is 11.6 Å². The van der Waals surface area contributed by atoms with Gasteiger partial charge in [0.05, 0.1) is 18.2 Å². The number of hydrogen-bond donors (Lipinski definition) is 2. The Morgan fingerprint density at radius 3 is 2.57 bits per heavy atom. The molecule has 0 aliphatic rings. The first-order valence-electron chi connectivity index (χ1n) is 6.21. The van der Waals surface area contributed by atoms with Gasteiger partial charge in [-0.2, -0.15) is 0 Å². The third-order valence-corrected chi connectivity index (χ3v) is 3.28. The Labute approximate surface area is 126 Å². The number of aliphatic hydroxyl groups is 1. The van der Waals surface area contributed by atoms with Crippen molar-refractivity contribution in [1.29, 1.82) is 0 Å². The first kappa shape index (κ1) is 15.5. The third kappa shape index (κ3) is 3.83. The number of anilines is 1. The zero-order chi connectivity index (χ0) is 15.4. The molecule has 0 amide bonds. The largest absolute Gasteiger partial charge is 0.495 e. The molecule has 0 aliphatic heterocycles. The van der Waals surface area contributed by atoms with E-state index in [2.05, 4.69) is 5.32 Å². The Balaban J connectivity index is 2.01. The molecule has 0 radical (unpaired) electrons. The molecule has 1 atom stereocenters. The van der Waals surface area contributed by atoms with Crippen LogP contribution in [0.15, 0.2) is 36.4 Å². The van der Waals surface area contributed by atoms with E-state index < -0.39 is 17.7 Å². The molecule has 0 bridgehead atoms. The summed E-state index contributed by atoms with van der Waals surface area (Å²) >= 11 is 5.98. The average molecular weight is 314 g/mol. The number of methoxy groups -OCH3 is 1. The van der Waals surface area contributed by atoms with Gasteiger partial charge in [-0.3, -0.25) is 0 Å². The number of ether oxygens (including phenoxy) is 1. The molecular weight excluding hydrogens is 300 g/mol. The molecule has 0 aliphatic carbocycles. The van der Waals surface area contributed by atoms with E-state index in [4.69, 9.17) is 16.3 Å². The number of halogens is 3. The number of rotatable bonds is 5. The molecule has 0 spiro atoms. The van der Waals surface area contributed by atoms with E-state index in [1.807, 2.05) is 0 Å². The van der Waals surface area contributed by atoms with E-state index in [9.17, 15) is 13.9 Å². The van der Waals surface area contributed by atoms with Crippen molar-refractivity contribution in [2.24, 2.45) is 0 Å². The van der Waals surface area contributed by atoms with Gasteiger partial charge >= 0.3 is 0 Å².